The maximum atomic E-state index is 11.7. The highest BCUT2D eigenvalue weighted by Crippen LogP contribution is 2.11. The topological polar surface area (TPSA) is 88.4 Å². The van der Waals surface area contributed by atoms with Crippen LogP contribution in [-0.2, 0) is 21.4 Å². The Morgan fingerprint density at radius 2 is 2.09 bits per heavy atom. The standard InChI is InChI=1S/C15H16N2O4S/c1-16-22(19,20)14-6-2-4-12(10-14)11-17-15(18)8-7-13-5-3-9-21-13/h2-10,16H,11H2,1H3,(H,17,18)/b8-7+. The maximum Gasteiger partial charge on any atom is 0.244 e. The molecule has 116 valence electrons. The summed E-state index contributed by atoms with van der Waals surface area (Å²) in [6, 6.07) is 9.84. The van der Waals surface area contributed by atoms with Crippen LogP contribution in [0.25, 0.3) is 6.08 Å². The third-order valence-electron chi connectivity index (χ3n) is 2.89. The Morgan fingerprint density at radius 1 is 1.27 bits per heavy atom. The molecule has 0 aliphatic carbocycles. The Balaban J connectivity index is 1.97. The van der Waals surface area contributed by atoms with Crippen LogP contribution < -0.4 is 10.0 Å². The lowest BCUT2D eigenvalue weighted by Crippen LogP contribution is -2.21. The predicted molar refractivity (Wildman–Crippen MR) is 82.3 cm³/mol. The fourth-order valence-corrected chi connectivity index (χ4v) is 2.53. The molecule has 0 radical (unpaired) electrons. The number of carbonyl (C=O) groups is 1. The average molecular weight is 320 g/mol. The molecule has 1 amide bonds. The minimum Gasteiger partial charge on any atom is -0.465 e. The second kappa shape index (κ2) is 7.06. The van der Waals surface area contributed by atoms with Crippen molar-refractivity contribution < 1.29 is 17.6 Å². The van der Waals surface area contributed by atoms with Crippen LogP contribution >= 0.6 is 0 Å². The minimum atomic E-state index is -3.49. The Bertz CT molecular complexity index is 765. The zero-order valence-electron chi connectivity index (χ0n) is 11.9. The first-order chi connectivity index (χ1) is 10.5. The molecule has 0 unspecified atom stereocenters. The first-order valence-corrected chi connectivity index (χ1v) is 8.01. The monoisotopic (exact) mass is 320 g/mol. The molecule has 7 heteroatoms. The van der Waals surface area contributed by atoms with Gasteiger partial charge < -0.3 is 9.73 Å². The summed E-state index contributed by atoms with van der Waals surface area (Å²) < 4.78 is 30.7. The fourth-order valence-electron chi connectivity index (χ4n) is 1.73. The van der Waals surface area contributed by atoms with Crippen LogP contribution in [0.1, 0.15) is 11.3 Å². The first-order valence-electron chi connectivity index (χ1n) is 6.53. The molecule has 0 aliphatic heterocycles. The van der Waals surface area contributed by atoms with Crippen LogP contribution in [0.5, 0.6) is 0 Å². The van der Waals surface area contributed by atoms with Crippen molar-refractivity contribution in [3.63, 3.8) is 0 Å². The summed E-state index contributed by atoms with van der Waals surface area (Å²) in [7, 11) is -2.14. The molecule has 0 saturated heterocycles. The van der Waals surface area contributed by atoms with Gasteiger partial charge in [-0.2, -0.15) is 0 Å². The lowest BCUT2D eigenvalue weighted by molar-refractivity contribution is -0.116. The summed E-state index contributed by atoms with van der Waals surface area (Å²) in [6.07, 6.45) is 4.43. The van der Waals surface area contributed by atoms with Crippen molar-refractivity contribution in [1.29, 1.82) is 0 Å². The number of hydrogen-bond acceptors (Lipinski definition) is 4. The van der Waals surface area contributed by atoms with Gasteiger partial charge in [0.1, 0.15) is 5.76 Å². The van der Waals surface area contributed by atoms with Crippen molar-refractivity contribution >= 4 is 22.0 Å². The second-order valence-corrected chi connectivity index (χ2v) is 6.31. The minimum absolute atomic E-state index is 0.160. The average Bonchev–Trinajstić information content (AvgIpc) is 3.04. The molecule has 2 N–H and O–H groups in total. The van der Waals surface area contributed by atoms with Crippen LogP contribution in [0.3, 0.4) is 0 Å². The van der Waals surface area contributed by atoms with E-state index in [1.54, 1.807) is 30.3 Å². The number of carbonyl (C=O) groups excluding carboxylic acids is 1. The van der Waals surface area contributed by atoms with Gasteiger partial charge in [-0.3, -0.25) is 4.79 Å². The van der Waals surface area contributed by atoms with Gasteiger partial charge in [-0.15, -0.1) is 0 Å². The SMILES string of the molecule is CNS(=O)(=O)c1cccc(CNC(=O)/C=C/c2ccco2)c1. The molecule has 0 saturated carbocycles. The van der Waals surface area contributed by atoms with Gasteiger partial charge in [0, 0.05) is 12.6 Å². The number of sulfonamides is 1. The highest BCUT2D eigenvalue weighted by Gasteiger charge is 2.11. The molecule has 2 rings (SSSR count). The molecule has 0 fully saturated rings. The van der Waals surface area contributed by atoms with E-state index in [0.717, 1.165) is 0 Å². The van der Waals surface area contributed by atoms with Crippen molar-refractivity contribution in [2.45, 2.75) is 11.4 Å². The van der Waals surface area contributed by atoms with E-state index in [9.17, 15) is 13.2 Å². The summed E-state index contributed by atoms with van der Waals surface area (Å²) >= 11 is 0. The van der Waals surface area contributed by atoms with Crippen LogP contribution in [0.4, 0.5) is 0 Å². The van der Waals surface area contributed by atoms with Crippen molar-refractivity contribution in [3.8, 4) is 0 Å². The Kier molecular flexibility index (Phi) is 5.13. The predicted octanol–water partition coefficient (Wildman–Crippen LogP) is 1.52. The maximum absolute atomic E-state index is 11.7. The van der Waals surface area contributed by atoms with Crippen molar-refractivity contribution in [3.05, 3.63) is 60.1 Å². The molecule has 0 spiro atoms. The molecule has 0 aliphatic rings. The van der Waals surface area contributed by atoms with E-state index in [1.807, 2.05) is 0 Å². The van der Waals surface area contributed by atoms with Crippen LogP contribution in [0.2, 0.25) is 0 Å². The molecule has 0 bridgehead atoms. The van der Waals surface area contributed by atoms with Gasteiger partial charge in [-0.25, -0.2) is 13.1 Å². The van der Waals surface area contributed by atoms with Crippen LogP contribution in [-0.4, -0.2) is 21.4 Å². The number of hydrogen-bond donors (Lipinski definition) is 2. The van der Waals surface area contributed by atoms with Crippen molar-refractivity contribution in [2.24, 2.45) is 0 Å². The molecule has 2 aromatic rings. The molecule has 6 nitrogen and oxygen atoms in total. The highest BCUT2D eigenvalue weighted by atomic mass is 32.2. The molecule has 1 aromatic heterocycles. The Morgan fingerprint density at radius 3 is 2.77 bits per heavy atom. The number of benzene rings is 1. The third-order valence-corrected chi connectivity index (χ3v) is 4.30. The highest BCUT2D eigenvalue weighted by molar-refractivity contribution is 7.89. The third kappa shape index (κ3) is 4.31. The largest absolute Gasteiger partial charge is 0.465 e. The van der Waals surface area contributed by atoms with E-state index < -0.39 is 10.0 Å². The van der Waals surface area contributed by atoms with Gasteiger partial charge in [0.25, 0.3) is 0 Å². The summed E-state index contributed by atoms with van der Waals surface area (Å²) in [5, 5.41) is 2.68. The first kappa shape index (κ1) is 16.0. The smallest absolute Gasteiger partial charge is 0.244 e. The van der Waals surface area contributed by atoms with Gasteiger partial charge in [0.05, 0.1) is 11.2 Å². The quantitative estimate of drug-likeness (QED) is 0.790. The number of nitrogens with one attached hydrogen (secondary N) is 2. The summed E-state index contributed by atoms with van der Waals surface area (Å²) in [4.78, 5) is 11.8. The van der Waals surface area contributed by atoms with E-state index in [4.69, 9.17) is 4.42 Å². The van der Waals surface area contributed by atoms with E-state index >= 15 is 0 Å². The van der Waals surface area contributed by atoms with Gasteiger partial charge in [-0.1, -0.05) is 12.1 Å². The zero-order valence-corrected chi connectivity index (χ0v) is 12.8. The normalized spacial score (nSPS) is 11.7. The van der Waals surface area contributed by atoms with Crippen LogP contribution in [0.15, 0.2) is 58.1 Å². The second-order valence-electron chi connectivity index (χ2n) is 4.42. The summed E-state index contributed by atoms with van der Waals surface area (Å²) in [6.45, 7) is 0.231. The van der Waals surface area contributed by atoms with E-state index in [-0.39, 0.29) is 17.3 Å². The molecule has 1 aromatic carbocycles. The molecule has 0 atom stereocenters. The number of furan rings is 1. The molecule has 22 heavy (non-hydrogen) atoms. The fraction of sp³-hybridized carbons (Fsp3) is 0.133. The van der Waals surface area contributed by atoms with Gasteiger partial charge >= 0.3 is 0 Å². The van der Waals surface area contributed by atoms with Gasteiger partial charge in [0.2, 0.25) is 15.9 Å². The molecular weight excluding hydrogens is 304 g/mol. The zero-order chi connectivity index (χ0) is 16.0. The van der Waals surface area contributed by atoms with E-state index in [2.05, 4.69) is 10.0 Å². The number of amides is 1. The molecular formula is C15H16N2O4S. The molecule has 1 heterocycles. The van der Waals surface area contributed by atoms with Crippen molar-refractivity contribution in [1.82, 2.24) is 10.0 Å². The van der Waals surface area contributed by atoms with E-state index in [1.165, 1.54) is 31.5 Å². The summed E-state index contributed by atoms with van der Waals surface area (Å²) in [5.41, 5.74) is 0.691. The van der Waals surface area contributed by atoms with Gasteiger partial charge in [0.15, 0.2) is 0 Å². The lowest BCUT2D eigenvalue weighted by Gasteiger charge is -2.06. The van der Waals surface area contributed by atoms with Crippen LogP contribution in [0, 0.1) is 0 Å². The summed E-state index contributed by atoms with van der Waals surface area (Å²) in [5.74, 6) is 0.288. The van der Waals surface area contributed by atoms with Gasteiger partial charge in [-0.05, 0) is 43.0 Å². The Labute approximate surface area is 128 Å². The Hall–Kier alpha value is -2.38. The number of rotatable bonds is 6. The van der Waals surface area contributed by atoms with E-state index in [0.29, 0.717) is 11.3 Å². The lowest BCUT2D eigenvalue weighted by atomic mass is 10.2. The van der Waals surface area contributed by atoms with Crippen molar-refractivity contribution in [2.75, 3.05) is 7.05 Å².